The Labute approximate surface area is 211 Å². The molecule has 0 aliphatic heterocycles. The number of aliphatic carboxylic acids is 1. The summed E-state index contributed by atoms with van der Waals surface area (Å²) in [6.45, 7) is -0.0806. The molecule has 37 heavy (non-hydrogen) atoms. The first-order chi connectivity index (χ1) is 17.7. The maximum absolute atomic E-state index is 13.2. The molecule has 0 aromatic heterocycles. The van der Waals surface area contributed by atoms with Gasteiger partial charge >= 0.3 is 12.1 Å². The summed E-state index contributed by atoms with van der Waals surface area (Å²) >= 11 is 0. The largest absolute Gasteiger partial charge is 0.487 e. The van der Waals surface area contributed by atoms with Gasteiger partial charge in [0.15, 0.2) is 0 Å². The van der Waals surface area contributed by atoms with Crippen LogP contribution in [0.5, 0.6) is 5.75 Å². The van der Waals surface area contributed by atoms with Crippen LogP contribution in [0.3, 0.4) is 0 Å². The molecule has 4 aromatic carbocycles. The van der Waals surface area contributed by atoms with E-state index in [1.807, 2.05) is 42.5 Å². The number of carboxylic acids is 1. The first-order valence-corrected chi connectivity index (χ1v) is 11.6. The minimum Gasteiger partial charge on any atom is -0.487 e. The molecule has 0 heterocycles. The molecule has 4 aromatic rings. The van der Waals surface area contributed by atoms with Gasteiger partial charge in [0.2, 0.25) is 0 Å². The van der Waals surface area contributed by atoms with Crippen LogP contribution < -0.4 is 10.1 Å². The number of fused-ring (bicyclic) bond motifs is 1. The monoisotopic (exact) mass is 507 g/mol. The second kappa shape index (κ2) is 11.2. The third-order valence-corrected chi connectivity index (χ3v) is 5.96. The van der Waals surface area contributed by atoms with Crippen molar-refractivity contribution in [3.05, 3.63) is 113 Å². The van der Waals surface area contributed by atoms with Crippen LogP contribution in [-0.2, 0) is 24.0 Å². The van der Waals surface area contributed by atoms with Crippen molar-refractivity contribution >= 4 is 22.6 Å². The van der Waals surface area contributed by atoms with E-state index in [1.165, 1.54) is 12.1 Å². The molecule has 2 N–H and O–H groups in total. The smallest absolute Gasteiger partial charge is 0.416 e. The maximum atomic E-state index is 13.2. The highest BCUT2D eigenvalue weighted by atomic mass is 19.4. The quantitative estimate of drug-likeness (QED) is 0.281. The van der Waals surface area contributed by atoms with Crippen molar-refractivity contribution in [2.45, 2.75) is 31.7 Å². The summed E-state index contributed by atoms with van der Waals surface area (Å²) in [4.78, 5) is 25.1. The Morgan fingerprint density at radius 2 is 1.51 bits per heavy atom. The average molecular weight is 508 g/mol. The van der Waals surface area contributed by atoms with E-state index in [2.05, 4.69) is 5.32 Å². The third kappa shape index (κ3) is 6.46. The number of alkyl halides is 3. The molecule has 0 unspecified atom stereocenters. The summed E-state index contributed by atoms with van der Waals surface area (Å²) in [6.07, 6.45) is -3.78. The number of carbonyl (C=O) groups is 2. The number of ether oxygens (including phenoxy) is 1. The molecular formula is C29H24F3NO4. The summed E-state index contributed by atoms with van der Waals surface area (Å²) in [5.41, 5.74) is 0.807. The number of carboxylic acid groups (broad SMARTS) is 1. The van der Waals surface area contributed by atoms with E-state index in [1.54, 1.807) is 24.3 Å². The zero-order valence-corrected chi connectivity index (χ0v) is 19.7. The Balaban J connectivity index is 1.56. The van der Waals surface area contributed by atoms with E-state index in [-0.39, 0.29) is 24.3 Å². The summed E-state index contributed by atoms with van der Waals surface area (Å²) < 4.78 is 44.6. The van der Waals surface area contributed by atoms with Crippen molar-refractivity contribution in [2.75, 3.05) is 0 Å². The Morgan fingerprint density at radius 1 is 0.838 bits per heavy atom. The number of aryl methyl sites for hydroxylation is 1. The molecule has 0 aliphatic carbocycles. The number of hydrogen-bond acceptors (Lipinski definition) is 3. The first kappa shape index (κ1) is 25.8. The predicted octanol–water partition coefficient (Wildman–Crippen LogP) is 6.25. The fourth-order valence-electron chi connectivity index (χ4n) is 3.97. The lowest BCUT2D eigenvalue weighted by Crippen LogP contribution is -2.41. The zero-order valence-electron chi connectivity index (χ0n) is 19.7. The number of amides is 1. The molecule has 4 rings (SSSR count). The molecule has 1 amide bonds. The summed E-state index contributed by atoms with van der Waals surface area (Å²) in [5, 5.41) is 13.7. The van der Waals surface area contributed by atoms with Crippen LogP contribution in [0.15, 0.2) is 91.0 Å². The van der Waals surface area contributed by atoms with Crippen LogP contribution in [-0.4, -0.2) is 23.0 Å². The maximum Gasteiger partial charge on any atom is 0.416 e. The number of nitrogens with one attached hydrogen (secondary N) is 1. The van der Waals surface area contributed by atoms with Gasteiger partial charge in [0.25, 0.3) is 5.91 Å². The molecule has 190 valence electrons. The molecule has 5 nitrogen and oxygen atoms in total. The van der Waals surface area contributed by atoms with E-state index < -0.39 is 29.7 Å². The highest BCUT2D eigenvalue weighted by molar-refractivity contribution is 6.04. The molecule has 0 aliphatic rings. The molecule has 0 spiro atoms. The van der Waals surface area contributed by atoms with Crippen LogP contribution in [0, 0.1) is 0 Å². The van der Waals surface area contributed by atoms with E-state index in [0.29, 0.717) is 17.4 Å². The van der Waals surface area contributed by atoms with Crippen LogP contribution in [0.25, 0.3) is 10.8 Å². The second-order valence-electron chi connectivity index (χ2n) is 8.54. The molecule has 0 bridgehead atoms. The van der Waals surface area contributed by atoms with Gasteiger partial charge in [-0.3, -0.25) is 4.79 Å². The number of rotatable bonds is 9. The van der Waals surface area contributed by atoms with Crippen molar-refractivity contribution in [3.63, 3.8) is 0 Å². The SMILES string of the molecule is O=C(N[C@@H](CCc1ccccc1)C(=O)O)c1ccc2ccccc2c1OCc1ccc(C(F)(F)F)cc1. The predicted molar refractivity (Wildman–Crippen MR) is 133 cm³/mol. The number of hydrogen-bond donors (Lipinski definition) is 2. The Hall–Kier alpha value is -4.33. The number of benzene rings is 4. The van der Waals surface area contributed by atoms with Crippen LogP contribution in [0.1, 0.15) is 33.5 Å². The lowest BCUT2D eigenvalue weighted by molar-refractivity contribution is -0.139. The summed E-state index contributed by atoms with van der Waals surface area (Å²) in [7, 11) is 0. The van der Waals surface area contributed by atoms with Gasteiger partial charge in [-0.15, -0.1) is 0 Å². The lowest BCUT2D eigenvalue weighted by Gasteiger charge is -2.18. The van der Waals surface area contributed by atoms with E-state index in [9.17, 15) is 27.9 Å². The van der Waals surface area contributed by atoms with Gasteiger partial charge in [-0.25, -0.2) is 4.79 Å². The third-order valence-electron chi connectivity index (χ3n) is 5.96. The van der Waals surface area contributed by atoms with Gasteiger partial charge in [-0.2, -0.15) is 13.2 Å². The van der Waals surface area contributed by atoms with Crippen molar-refractivity contribution in [1.82, 2.24) is 5.32 Å². The minimum atomic E-state index is -4.44. The normalized spacial score (nSPS) is 12.2. The molecule has 0 radical (unpaired) electrons. The van der Waals surface area contributed by atoms with Gasteiger partial charge in [0, 0.05) is 5.39 Å². The Kier molecular flexibility index (Phi) is 7.77. The fourth-order valence-corrected chi connectivity index (χ4v) is 3.97. The number of halogens is 3. The lowest BCUT2D eigenvalue weighted by atomic mass is 10.0. The van der Waals surface area contributed by atoms with E-state index in [4.69, 9.17) is 4.74 Å². The van der Waals surface area contributed by atoms with Gasteiger partial charge in [0.05, 0.1) is 11.1 Å². The Morgan fingerprint density at radius 3 is 2.19 bits per heavy atom. The molecule has 0 saturated heterocycles. The van der Waals surface area contributed by atoms with Gasteiger partial charge in [-0.1, -0.05) is 72.8 Å². The van der Waals surface area contributed by atoms with Gasteiger partial charge < -0.3 is 15.2 Å². The van der Waals surface area contributed by atoms with Crippen molar-refractivity contribution < 1.29 is 32.6 Å². The number of carbonyl (C=O) groups excluding carboxylic acids is 1. The Bertz CT molecular complexity index is 1390. The topological polar surface area (TPSA) is 75.6 Å². The molecular weight excluding hydrogens is 483 g/mol. The van der Waals surface area contributed by atoms with Crippen LogP contribution in [0.4, 0.5) is 13.2 Å². The van der Waals surface area contributed by atoms with Gasteiger partial charge in [0.1, 0.15) is 18.4 Å². The fraction of sp³-hybridized carbons (Fsp3) is 0.172. The second-order valence-corrected chi connectivity index (χ2v) is 8.54. The standard InChI is InChI=1S/C29H24F3NO4/c30-29(31,32)22-14-10-20(11-15-22)18-37-26-23-9-5-4-8-21(23)13-16-24(26)27(34)33-25(28(35)36)17-12-19-6-2-1-3-7-19/h1-11,13-16,25H,12,17-18H2,(H,33,34)(H,35,36)/t25-/m0/s1. The molecule has 0 fully saturated rings. The first-order valence-electron chi connectivity index (χ1n) is 11.6. The minimum absolute atomic E-state index is 0.0806. The van der Waals surface area contributed by atoms with Gasteiger partial charge in [-0.05, 0) is 47.6 Å². The highest BCUT2D eigenvalue weighted by Crippen LogP contribution is 2.32. The average Bonchev–Trinajstić information content (AvgIpc) is 2.89. The van der Waals surface area contributed by atoms with Crippen LogP contribution >= 0.6 is 0 Å². The van der Waals surface area contributed by atoms with E-state index in [0.717, 1.165) is 23.1 Å². The molecule has 8 heteroatoms. The zero-order chi connectivity index (χ0) is 26.4. The van der Waals surface area contributed by atoms with Crippen molar-refractivity contribution in [2.24, 2.45) is 0 Å². The molecule has 0 saturated carbocycles. The summed E-state index contributed by atoms with van der Waals surface area (Å²) in [5.74, 6) is -1.55. The summed E-state index contributed by atoms with van der Waals surface area (Å²) in [6, 6.07) is 23.3. The highest BCUT2D eigenvalue weighted by Gasteiger charge is 2.30. The van der Waals surface area contributed by atoms with Crippen LogP contribution in [0.2, 0.25) is 0 Å². The molecule has 1 atom stereocenters. The van der Waals surface area contributed by atoms with Crippen molar-refractivity contribution in [3.8, 4) is 5.75 Å². The van der Waals surface area contributed by atoms with Crippen molar-refractivity contribution in [1.29, 1.82) is 0 Å². The van der Waals surface area contributed by atoms with E-state index >= 15 is 0 Å².